The number of hydrogen-bond donors (Lipinski definition) is 3. The summed E-state index contributed by atoms with van der Waals surface area (Å²) in [4.78, 5) is 12.2. The Labute approximate surface area is 136 Å². The molecule has 1 aromatic carbocycles. The summed E-state index contributed by atoms with van der Waals surface area (Å²) in [6.45, 7) is 2.02. The predicted octanol–water partition coefficient (Wildman–Crippen LogP) is 2.30. The Morgan fingerprint density at radius 1 is 1.45 bits per heavy atom. The van der Waals surface area contributed by atoms with Crippen molar-refractivity contribution < 1.29 is 14.3 Å². The second kappa shape index (κ2) is 7.90. The van der Waals surface area contributed by atoms with Gasteiger partial charge in [0.05, 0.1) is 12.0 Å². The number of rotatable bonds is 4. The summed E-state index contributed by atoms with van der Waals surface area (Å²) in [6, 6.07) is 5.61. The minimum atomic E-state index is -0.845. The lowest BCUT2D eigenvalue weighted by atomic mass is 9.74. The topological polar surface area (TPSA) is 75.4 Å². The molecule has 1 saturated carbocycles. The van der Waals surface area contributed by atoms with Gasteiger partial charge in [-0.3, -0.25) is 4.79 Å². The molecule has 124 valence electrons. The van der Waals surface area contributed by atoms with Crippen LogP contribution in [0.4, 0.5) is 4.39 Å². The van der Waals surface area contributed by atoms with Crippen LogP contribution in [0, 0.1) is 11.7 Å². The maximum absolute atomic E-state index is 12.8. The molecule has 0 saturated heterocycles. The molecule has 3 unspecified atom stereocenters. The molecule has 1 fully saturated rings. The third kappa shape index (κ3) is 4.66. The van der Waals surface area contributed by atoms with Crippen LogP contribution in [0.25, 0.3) is 0 Å². The van der Waals surface area contributed by atoms with Crippen LogP contribution in [0.5, 0.6) is 0 Å². The molecule has 0 heterocycles. The molecule has 0 aromatic heterocycles. The third-order valence-electron chi connectivity index (χ3n) is 4.30. The van der Waals surface area contributed by atoms with Gasteiger partial charge in [-0.1, -0.05) is 25.0 Å². The van der Waals surface area contributed by atoms with Crippen molar-refractivity contribution in [3.05, 3.63) is 35.6 Å². The summed E-state index contributed by atoms with van der Waals surface area (Å²) < 4.78 is 12.8. The molecule has 1 aliphatic carbocycles. The number of halogens is 2. The van der Waals surface area contributed by atoms with Gasteiger partial charge in [0, 0.05) is 12.1 Å². The number of aliphatic hydroxyl groups is 1. The van der Waals surface area contributed by atoms with E-state index < -0.39 is 11.6 Å². The maximum Gasteiger partial charge on any atom is 0.225 e. The molecular weight excluding hydrogens is 307 g/mol. The Balaban J connectivity index is 0.00000242. The van der Waals surface area contributed by atoms with Crippen LogP contribution >= 0.6 is 12.4 Å². The highest BCUT2D eigenvalue weighted by Gasteiger charge is 2.37. The molecule has 1 aliphatic rings. The van der Waals surface area contributed by atoms with Crippen molar-refractivity contribution in [2.45, 2.75) is 44.2 Å². The Hall–Kier alpha value is -1.17. The van der Waals surface area contributed by atoms with E-state index in [2.05, 4.69) is 5.32 Å². The van der Waals surface area contributed by atoms with Gasteiger partial charge in [-0.15, -0.1) is 12.4 Å². The molecule has 1 aromatic rings. The number of nitrogens with one attached hydrogen (secondary N) is 1. The highest BCUT2D eigenvalue weighted by Crippen LogP contribution is 2.31. The van der Waals surface area contributed by atoms with Crippen LogP contribution in [0.3, 0.4) is 0 Å². The van der Waals surface area contributed by atoms with Crippen LogP contribution in [-0.4, -0.2) is 23.1 Å². The number of carbonyl (C=O) groups is 1. The molecule has 1 amide bonds. The number of benzene rings is 1. The van der Waals surface area contributed by atoms with Crippen LogP contribution in [0.2, 0.25) is 0 Å². The molecule has 3 atom stereocenters. The number of aliphatic hydroxyl groups excluding tert-OH is 1. The first-order valence-corrected chi connectivity index (χ1v) is 7.40. The number of nitrogens with two attached hydrogens (primary N) is 1. The molecule has 0 aliphatic heterocycles. The first kappa shape index (κ1) is 18.9. The Morgan fingerprint density at radius 2 is 2.09 bits per heavy atom. The zero-order valence-corrected chi connectivity index (χ0v) is 13.5. The molecule has 0 spiro atoms. The smallest absolute Gasteiger partial charge is 0.225 e. The molecular formula is C16H24ClFN2O2. The van der Waals surface area contributed by atoms with Crippen molar-refractivity contribution in [1.29, 1.82) is 0 Å². The molecule has 22 heavy (non-hydrogen) atoms. The second-order valence-electron chi connectivity index (χ2n) is 6.12. The van der Waals surface area contributed by atoms with Gasteiger partial charge in [-0.05, 0) is 37.5 Å². The van der Waals surface area contributed by atoms with E-state index in [-0.39, 0.29) is 36.6 Å². The monoisotopic (exact) mass is 330 g/mol. The normalized spacial score (nSPS) is 25.9. The largest absolute Gasteiger partial charge is 0.387 e. The van der Waals surface area contributed by atoms with Gasteiger partial charge in [0.1, 0.15) is 5.82 Å². The van der Waals surface area contributed by atoms with E-state index in [4.69, 9.17) is 5.73 Å². The lowest BCUT2D eigenvalue weighted by Gasteiger charge is -2.37. The molecule has 4 nitrogen and oxygen atoms in total. The van der Waals surface area contributed by atoms with Gasteiger partial charge >= 0.3 is 0 Å². The summed E-state index contributed by atoms with van der Waals surface area (Å²) in [7, 11) is 0. The highest BCUT2D eigenvalue weighted by molar-refractivity contribution is 5.85. The summed E-state index contributed by atoms with van der Waals surface area (Å²) in [5, 5.41) is 12.8. The summed E-state index contributed by atoms with van der Waals surface area (Å²) in [6.07, 6.45) is 2.83. The Bertz CT molecular complexity index is 493. The van der Waals surface area contributed by atoms with Crippen molar-refractivity contribution in [2.24, 2.45) is 11.7 Å². The van der Waals surface area contributed by atoms with Gasteiger partial charge < -0.3 is 16.2 Å². The molecule has 0 bridgehead atoms. The fourth-order valence-electron chi connectivity index (χ4n) is 2.91. The van der Waals surface area contributed by atoms with Crippen molar-refractivity contribution in [3.63, 3.8) is 0 Å². The minimum absolute atomic E-state index is 0. The fraction of sp³-hybridized carbons (Fsp3) is 0.562. The SMILES string of the molecule is CC1(N)CCCCC1C(=O)NCC(O)c1ccc(F)cc1.Cl. The van der Waals surface area contributed by atoms with Gasteiger partial charge in [0.15, 0.2) is 0 Å². The number of carbonyl (C=O) groups excluding carboxylic acids is 1. The zero-order valence-electron chi connectivity index (χ0n) is 12.7. The van der Waals surface area contributed by atoms with E-state index in [1.165, 1.54) is 24.3 Å². The number of amides is 1. The van der Waals surface area contributed by atoms with Crippen molar-refractivity contribution in [1.82, 2.24) is 5.32 Å². The highest BCUT2D eigenvalue weighted by atomic mass is 35.5. The first-order valence-electron chi connectivity index (χ1n) is 7.40. The van der Waals surface area contributed by atoms with Crippen molar-refractivity contribution in [3.8, 4) is 0 Å². The molecule has 6 heteroatoms. The second-order valence-corrected chi connectivity index (χ2v) is 6.12. The van der Waals surface area contributed by atoms with Crippen molar-refractivity contribution in [2.75, 3.05) is 6.54 Å². The lowest BCUT2D eigenvalue weighted by molar-refractivity contribution is -0.128. The molecule has 4 N–H and O–H groups in total. The van der Waals surface area contributed by atoms with E-state index >= 15 is 0 Å². The summed E-state index contributed by atoms with van der Waals surface area (Å²) in [5.74, 6) is -0.677. The average molecular weight is 331 g/mol. The lowest BCUT2D eigenvalue weighted by Crippen LogP contribution is -2.53. The van der Waals surface area contributed by atoms with Gasteiger partial charge in [-0.2, -0.15) is 0 Å². The average Bonchev–Trinajstić information content (AvgIpc) is 2.44. The van der Waals surface area contributed by atoms with Gasteiger partial charge in [0.25, 0.3) is 0 Å². The minimum Gasteiger partial charge on any atom is -0.387 e. The Kier molecular flexibility index (Phi) is 6.78. The van der Waals surface area contributed by atoms with E-state index in [1.54, 1.807) is 0 Å². The standard InChI is InChI=1S/C16H23FN2O2.ClH/c1-16(18)9-3-2-4-13(16)15(21)19-10-14(20)11-5-7-12(17)8-6-11;/h5-8,13-14,20H,2-4,9-10,18H2,1H3,(H,19,21);1H. The van der Waals surface area contributed by atoms with Crippen LogP contribution in [0.15, 0.2) is 24.3 Å². The predicted molar refractivity (Wildman–Crippen MR) is 86.2 cm³/mol. The van der Waals surface area contributed by atoms with Gasteiger partial charge in [0.2, 0.25) is 5.91 Å². The Morgan fingerprint density at radius 3 is 2.68 bits per heavy atom. The first-order chi connectivity index (χ1) is 9.90. The number of hydrogen-bond acceptors (Lipinski definition) is 3. The van der Waals surface area contributed by atoms with E-state index in [0.717, 1.165) is 25.7 Å². The summed E-state index contributed by atoms with van der Waals surface area (Å²) >= 11 is 0. The van der Waals surface area contributed by atoms with Crippen LogP contribution in [-0.2, 0) is 4.79 Å². The quantitative estimate of drug-likeness (QED) is 0.793. The van der Waals surface area contributed by atoms with Gasteiger partial charge in [-0.25, -0.2) is 4.39 Å². The van der Waals surface area contributed by atoms with E-state index in [0.29, 0.717) is 5.56 Å². The fourth-order valence-corrected chi connectivity index (χ4v) is 2.91. The van der Waals surface area contributed by atoms with Crippen LogP contribution in [0.1, 0.15) is 44.3 Å². The van der Waals surface area contributed by atoms with E-state index in [1.807, 2.05) is 6.92 Å². The molecule has 0 radical (unpaired) electrons. The third-order valence-corrected chi connectivity index (χ3v) is 4.30. The maximum atomic E-state index is 12.8. The molecule has 2 rings (SSSR count). The van der Waals surface area contributed by atoms with Crippen LogP contribution < -0.4 is 11.1 Å². The summed E-state index contributed by atoms with van der Waals surface area (Å²) in [5.41, 5.74) is 6.29. The van der Waals surface area contributed by atoms with Crippen molar-refractivity contribution >= 4 is 18.3 Å². The van der Waals surface area contributed by atoms with E-state index in [9.17, 15) is 14.3 Å². The zero-order chi connectivity index (χ0) is 15.5.